The Morgan fingerprint density at radius 2 is 1.84 bits per heavy atom. The molecule has 3 atom stereocenters. The molecule has 114 valence electrons. The van der Waals surface area contributed by atoms with E-state index in [0.717, 1.165) is 6.42 Å². The van der Waals surface area contributed by atoms with Crippen molar-refractivity contribution < 1.29 is 13.2 Å². The normalized spacial score (nSPS) is 27.7. The second-order valence-electron chi connectivity index (χ2n) is 5.76. The molecule has 3 N–H and O–H groups in total. The van der Waals surface area contributed by atoms with Gasteiger partial charge in [0.1, 0.15) is 0 Å². The third-order valence-corrected chi connectivity index (χ3v) is 4.69. The number of morpholine rings is 1. The van der Waals surface area contributed by atoms with E-state index in [-0.39, 0.29) is 18.2 Å². The van der Waals surface area contributed by atoms with Crippen molar-refractivity contribution in [1.29, 1.82) is 0 Å². The number of nitrogens with two attached hydrogens (primary N) is 1. The Labute approximate surface area is 116 Å². The van der Waals surface area contributed by atoms with E-state index in [9.17, 15) is 8.42 Å². The van der Waals surface area contributed by atoms with E-state index < -0.39 is 10.2 Å². The molecule has 3 unspecified atom stereocenters. The van der Waals surface area contributed by atoms with Gasteiger partial charge in [-0.2, -0.15) is 17.4 Å². The SMILES string of the molecule is CC(C)CC(CN)NS(=O)(=O)N1CC(C)OC(C)C1. The van der Waals surface area contributed by atoms with Gasteiger partial charge in [-0.1, -0.05) is 13.8 Å². The number of hydrogen-bond donors (Lipinski definition) is 2. The molecule has 0 aliphatic carbocycles. The van der Waals surface area contributed by atoms with E-state index in [1.807, 2.05) is 13.8 Å². The molecule has 0 saturated carbocycles. The second kappa shape index (κ2) is 6.99. The molecule has 1 fully saturated rings. The Morgan fingerprint density at radius 3 is 2.26 bits per heavy atom. The first-order valence-electron chi connectivity index (χ1n) is 6.87. The van der Waals surface area contributed by atoms with Crippen LogP contribution in [0.5, 0.6) is 0 Å². The second-order valence-corrected chi connectivity index (χ2v) is 7.46. The predicted molar refractivity (Wildman–Crippen MR) is 75.9 cm³/mol. The Bertz CT molecular complexity index is 362. The largest absolute Gasteiger partial charge is 0.373 e. The molecule has 0 bridgehead atoms. The van der Waals surface area contributed by atoms with Gasteiger partial charge in [0, 0.05) is 25.7 Å². The van der Waals surface area contributed by atoms with Crippen molar-refractivity contribution in [2.75, 3.05) is 19.6 Å². The van der Waals surface area contributed by atoms with Crippen molar-refractivity contribution in [3.63, 3.8) is 0 Å². The zero-order valence-corrected chi connectivity index (χ0v) is 13.1. The van der Waals surface area contributed by atoms with Crippen LogP contribution in [-0.2, 0) is 14.9 Å². The topological polar surface area (TPSA) is 84.7 Å². The minimum Gasteiger partial charge on any atom is -0.373 e. The number of rotatable bonds is 6. The summed E-state index contributed by atoms with van der Waals surface area (Å²) < 4.78 is 34.4. The minimum absolute atomic E-state index is 0.0817. The summed E-state index contributed by atoms with van der Waals surface area (Å²) in [5, 5.41) is 0. The van der Waals surface area contributed by atoms with Crippen molar-refractivity contribution in [3.8, 4) is 0 Å². The van der Waals surface area contributed by atoms with Crippen molar-refractivity contribution >= 4 is 10.2 Å². The van der Waals surface area contributed by atoms with E-state index >= 15 is 0 Å². The Balaban J connectivity index is 2.68. The molecule has 1 aliphatic rings. The van der Waals surface area contributed by atoms with Crippen molar-refractivity contribution in [1.82, 2.24) is 9.03 Å². The van der Waals surface area contributed by atoms with Crippen LogP contribution in [0, 0.1) is 5.92 Å². The van der Waals surface area contributed by atoms with E-state index in [0.29, 0.717) is 25.6 Å². The van der Waals surface area contributed by atoms with E-state index in [2.05, 4.69) is 18.6 Å². The van der Waals surface area contributed by atoms with Crippen LogP contribution in [0.2, 0.25) is 0 Å². The summed E-state index contributed by atoms with van der Waals surface area (Å²) in [5.74, 6) is 0.402. The number of ether oxygens (including phenoxy) is 1. The highest BCUT2D eigenvalue weighted by Crippen LogP contribution is 2.14. The third-order valence-electron chi connectivity index (χ3n) is 3.08. The van der Waals surface area contributed by atoms with Crippen LogP contribution in [0.25, 0.3) is 0 Å². The lowest BCUT2D eigenvalue weighted by molar-refractivity contribution is -0.0444. The van der Waals surface area contributed by atoms with Crippen LogP contribution in [-0.4, -0.2) is 50.6 Å². The molecule has 6 nitrogen and oxygen atoms in total. The van der Waals surface area contributed by atoms with Crippen LogP contribution in [0.4, 0.5) is 0 Å². The van der Waals surface area contributed by atoms with Gasteiger partial charge in [-0.25, -0.2) is 0 Å². The van der Waals surface area contributed by atoms with Crippen LogP contribution in [0.15, 0.2) is 0 Å². The average Bonchev–Trinajstić information content (AvgIpc) is 2.25. The van der Waals surface area contributed by atoms with Crippen molar-refractivity contribution in [3.05, 3.63) is 0 Å². The first-order chi connectivity index (χ1) is 8.74. The minimum atomic E-state index is -3.48. The lowest BCUT2D eigenvalue weighted by atomic mass is 10.1. The van der Waals surface area contributed by atoms with E-state index in [1.54, 1.807) is 0 Å². The Kier molecular flexibility index (Phi) is 6.19. The predicted octanol–water partition coefficient (Wildman–Crippen LogP) is 0.303. The summed E-state index contributed by atoms with van der Waals surface area (Å²) in [6.45, 7) is 8.95. The summed E-state index contributed by atoms with van der Waals surface area (Å²) in [5.41, 5.74) is 5.64. The maximum Gasteiger partial charge on any atom is 0.279 e. The summed E-state index contributed by atoms with van der Waals surface area (Å²) >= 11 is 0. The maximum absolute atomic E-state index is 12.3. The molecule has 1 heterocycles. The van der Waals surface area contributed by atoms with Crippen molar-refractivity contribution in [2.24, 2.45) is 11.7 Å². The fraction of sp³-hybridized carbons (Fsp3) is 1.00. The number of nitrogens with zero attached hydrogens (tertiary/aromatic N) is 1. The highest BCUT2D eigenvalue weighted by Gasteiger charge is 2.32. The first kappa shape index (κ1) is 16.8. The highest BCUT2D eigenvalue weighted by molar-refractivity contribution is 7.87. The molecule has 1 rings (SSSR count). The lowest BCUT2D eigenvalue weighted by Crippen LogP contribution is -2.54. The molecule has 0 radical (unpaired) electrons. The molecular formula is C12H27N3O3S. The summed E-state index contributed by atoms with van der Waals surface area (Å²) in [6, 6.07) is -0.210. The Hall–Kier alpha value is -0.210. The molecular weight excluding hydrogens is 266 g/mol. The van der Waals surface area contributed by atoms with E-state index in [1.165, 1.54) is 4.31 Å². The van der Waals surface area contributed by atoms with Gasteiger partial charge >= 0.3 is 0 Å². The zero-order valence-electron chi connectivity index (χ0n) is 12.3. The average molecular weight is 293 g/mol. The smallest absolute Gasteiger partial charge is 0.279 e. The van der Waals surface area contributed by atoms with Gasteiger partial charge in [0.15, 0.2) is 0 Å². The fourth-order valence-electron chi connectivity index (χ4n) is 2.37. The van der Waals surface area contributed by atoms with Gasteiger partial charge in [0.25, 0.3) is 10.2 Å². The monoisotopic (exact) mass is 293 g/mol. The van der Waals surface area contributed by atoms with E-state index in [4.69, 9.17) is 10.5 Å². The molecule has 1 saturated heterocycles. The van der Waals surface area contributed by atoms with Gasteiger partial charge in [-0.3, -0.25) is 0 Å². The molecule has 7 heteroatoms. The van der Waals surface area contributed by atoms with Gasteiger partial charge in [0.2, 0.25) is 0 Å². The molecule has 0 aromatic heterocycles. The molecule has 0 aromatic carbocycles. The molecule has 0 aromatic rings. The fourth-order valence-corrected chi connectivity index (χ4v) is 3.95. The first-order valence-corrected chi connectivity index (χ1v) is 8.31. The maximum atomic E-state index is 12.3. The van der Waals surface area contributed by atoms with Gasteiger partial charge in [0.05, 0.1) is 12.2 Å². The highest BCUT2D eigenvalue weighted by atomic mass is 32.2. The standard InChI is InChI=1S/C12H27N3O3S/c1-9(2)5-12(6-13)14-19(16,17)15-7-10(3)18-11(4)8-15/h9-12,14H,5-8,13H2,1-4H3. The summed E-state index contributed by atoms with van der Waals surface area (Å²) in [6.07, 6.45) is 0.578. The van der Waals surface area contributed by atoms with Crippen LogP contribution in [0.1, 0.15) is 34.1 Å². The van der Waals surface area contributed by atoms with Crippen molar-refractivity contribution in [2.45, 2.75) is 52.4 Å². The number of nitrogens with one attached hydrogen (secondary N) is 1. The zero-order chi connectivity index (χ0) is 14.6. The third kappa shape index (κ3) is 5.35. The van der Waals surface area contributed by atoms with Gasteiger partial charge in [-0.05, 0) is 26.2 Å². The molecule has 19 heavy (non-hydrogen) atoms. The van der Waals surface area contributed by atoms with Gasteiger partial charge in [-0.15, -0.1) is 0 Å². The quantitative estimate of drug-likeness (QED) is 0.738. The van der Waals surface area contributed by atoms with Crippen LogP contribution < -0.4 is 10.5 Å². The summed E-state index contributed by atoms with van der Waals surface area (Å²) in [7, 11) is -3.48. The lowest BCUT2D eigenvalue weighted by Gasteiger charge is -2.35. The number of hydrogen-bond acceptors (Lipinski definition) is 4. The molecule has 0 spiro atoms. The summed E-state index contributed by atoms with van der Waals surface area (Å²) in [4.78, 5) is 0. The van der Waals surface area contributed by atoms with Gasteiger partial charge < -0.3 is 10.5 Å². The van der Waals surface area contributed by atoms with Crippen LogP contribution >= 0.6 is 0 Å². The molecule has 0 amide bonds. The Morgan fingerprint density at radius 1 is 1.32 bits per heavy atom. The molecule has 1 aliphatic heterocycles. The van der Waals surface area contributed by atoms with Crippen LogP contribution in [0.3, 0.4) is 0 Å².